The Morgan fingerprint density at radius 2 is 1.10 bits per heavy atom. The van der Waals surface area contributed by atoms with Crippen molar-refractivity contribution in [3.05, 3.63) is 68.8 Å². The molecule has 3 rings (SSSR count). The van der Waals surface area contributed by atoms with Gasteiger partial charge in [0.1, 0.15) is 0 Å². The molecule has 0 aromatic heterocycles. The second kappa shape index (κ2) is 9.12. The zero-order valence-corrected chi connectivity index (χ0v) is 15.9. The molecule has 0 bridgehead atoms. The zero-order valence-electron chi connectivity index (χ0n) is 15.9. The maximum absolute atomic E-state index is 12.5. The molecule has 2 aromatic carbocycles. The van der Waals surface area contributed by atoms with Gasteiger partial charge in [-0.1, -0.05) is 12.1 Å². The van der Waals surface area contributed by atoms with Crippen molar-refractivity contribution in [3.8, 4) is 0 Å². The first-order valence-corrected chi connectivity index (χ1v) is 9.44. The fourth-order valence-corrected chi connectivity index (χ4v) is 3.50. The summed E-state index contributed by atoms with van der Waals surface area (Å²) in [5.41, 5.74) is 0.517. The van der Waals surface area contributed by atoms with Gasteiger partial charge in [-0.05, 0) is 37.8 Å². The highest BCUT2D eigenvalue weighted by Gasteiger charge is 2.30. The van der Waals surface area contributed by atoms with Crippen LogP contribution in [0.2, 0.25) is 0 Å². The molecule has 0 atom stereocenters. The van der Waals surface area contributed by atoms with Gasteiger partial charge in [-0.2, -0.15) is 0 Å². The first-order valence-electron chi connectivity index (χ1n) is 9.44. The number of nitrogens with one attached hydrogen (secondary N) is 2. The molecule has 2 aromatic rings. The Kier molecular flexibility index (Phi) is 6.35. The van der Waals surface area contributed by atoms with Crippen molar-refractivity contribution in [2.75, 3.05) is 10.6 Å². The third-order valence-corrected chi connectivity index (χ3v) is 5.12. The maximum Gasteiger partial charge on any atom is 0.271 e. The molecule has 1 saturated carbocycles. The van der Waals surface area contributed by atoms with Gasteiger partial charge in [0.2, 0.25) is 11.8 Å². The van der Waals surface area contributed by atoms with Crippen molar-refractivity contribution >= 4 is 34.6 Å². The second-order valence-corrected chi connectivity index (χ2v) is 7.14. The summed E-state index contributed by atoms with van der Waals surface area (Å²) in [6.07, 6.45) is 2.03. The van der Waals surface area contributed by atoms with Crippen LogP contribution in [0.1, 0.15) is 25.7 Å². The number of carbonyl (C=O) groups excluding carboxylic acids is 2. The highest BCUT2D eigenvalue weighted by Crippen LogP contribution is 2.31. The third-order valence-electron chi connectivity index (χ3n) is 5.12. The molecule has 10 heteroatoms. The lowest BCUT2D eigenvalue weighted by atomic mass is 9.81. The first kappa shape index (κ1) is 20.9. The van der Waals surface area contributed by atoms with E-state index in [9.17, 15) is 29.8 Å². The molecule has 1 aliphatic rings. The zero-order chi connectivity index (χ0) is 21.7. The molecule has 0 heterocycles. The molecule has 0 aliphatic heterocycles. The Bertz CT molecular complexity index is 905. The fourth-order valence-electron chi connectivity index (χ4n) is 3.50. The van der Waals surface area contributed by atoms with Crippen LogP contribution in [0, 0.1) is 32.1 Å². The number of nitro benzene ring substituents is 2. The number of carbonyl (C=O) groups is 2. The summed E-state index contributed by atoms with van der Waals surface area (Å²) >= 11 is 0. The maximum atomic E-state index is 12.5. The molecule has 0 spiro atoms. The molecule has 1 aliphatic carbocycles. The molecule has 30 heavy (non-hydrogen) atoms. The van der Waals surface area contributed by atoms with E-state index in [1.165, 1.54) is 36.4 Å². The molecular weight excluding hydrogens is 392 g/mol. The summed E-state index contributed by atoms with van der Waals surface area (Å²) < 4.78 is 0. The molecule has 1 fully saturated rings. The van der Waals surface area contributed by atoms with Crippen LogP contribution >= 0.6 is 0 Å². The number of benzene rings is 2. The second-order valence-electron chi connectivity index (χ2n) is 7.14. The van der Waals surface area contributed by atoms with E-state index in [1.807, 2.05) is 0 Å². The minimum Gasteiger partial charge on any atom is -0.326 e. The number of non-ortho nitro benzene ring substituents is 2. The van der Waals surface area contributed by atoms with Crippen LogP contribution in [-0.4, -0.2) is 21.7 Å². The van der Waals surface area contributed by atoms with Gasteiger partial charge in [0.25, 0.3) is 11.4 Å². The molecule has 0 radical (unpaired) electrons. The van der Waals surface area contributed by atoms with Crippen molar-refractivity contribution in [1.82, 2.24) is 0 Å². The number of hydrogen-bond donors (Lipinski definition) is 2. The topological polar surface area (TPSA) is 144 Å². The van der Waals surface area contributed by atoms with Gasteiger partial charge < -0.3 is 10.6 Å². The van der Waals surface area contributed by atoms with Gasteiger partial charge in [-0.15, -0.1) is 0 Å². The Labute approximate surface area is 171 Å². The number of rotatable bonds is 6. The van der Waals surface area contributed by atoms with Gasteiger partial charge in [-0.3, -0.25) is 29.8 Å². The number of nitrogens with zero attached hydrogens (tertiary/aromatic N) is 2. The lowest BCUT2D eigenvalue weighted by Gasteiger charge is -2.27. The minimum atomic E-state index is -0.527. The van der Waals surface area contributed by atoms with E-state index < -0.39 is 9.85 Å². The first-order chi connectivity index (χ1) is 14.3. The van der Waals surface area contributed by atoms with Crippen LogP contribution in [0.5, 0.6) is 0 Å². The highest BCUT2D eigenvalue weighted by atomic mass is 16.6. The average molecular weight is 412 g/mol. The fraction of sp³-hybridized carbons (Fsp3) is 0.300. The lowest BCUT2D eigenvalue weighted by Crippen LogP contribution is -2.32. The minimum absolute atomic E-state index is 0.102. The van der Waals surface area contributed by atoms with Crippen molar-refractivity contribution in [2.24, 2.45) is 11.8 Å². The summed E-state index contributed by atoms with van der Waals surface area (Å²) in [4.78, 5) is 45.6. The molecular formula is C20H20N4O6. The normalized spacial score (nSPS) is 18.3. The van der Waals surface area contributed by atoms with Crippen molar-refractivity contribution in [3.63, 3.8) is 0 Å². The van der Waals surface area contributed by atoms with Crippen molar-refractivity contribution < 1.29 is 19.4 Å². The van der Waals surface area contributed by atoms with Gasteiger partial charge in [-0.25, -0.2) is 0 Å². The SMILES string of the molecule is O=C(Nc1cccc([N+](=O)[O-])c1)C1CCC(C(=O)Nc2cccc([N+](=O)[O-])c2)CC1. The van der Waals surface area contributed by atoms with Crippen LogP contribution in [-0.2, 0) is 9.59 Å². The van der Waals surface area contributed by atoms with E-state index in [4.69, 9.17) is 0 Å². The van der Waals surface area contributed by atoms with Gasteiger partial charge >= 0.3 is 0 Å². The average Bonchev–Trinajstić information content (AvgIpc) is 2.74. The Balaban J connectivity index is 1.52. The number of amides is 2. The van der Waals surface area contributed by atoms with Crippen molar-refractivity contribution in [1.29, 1.82) is 0 Å². The summed E-state index contributed by atoms with van der Waals surface area (Å²) in [5.74, 6) is -1.03. The predicted molar refractivity (Wildman–Crippen MR) is 109 cm³/mol. The summed E-state index contributed by atoms with van der Waals surface area (Å²) in [6, 6.07) is 11.5. The summed E-state index contributed by atoms with van der Waals surface area (Å²) in [5, 5.41) is 27.1. The highest BCUT2D eigenvalue weighted by molar-refractivity contribution is 5.94. The van der Waals surface area contributed by atoms with Crippen LogP contribution in [0.15, 0.2) is 48.5 Å². The molecule has 156 valence electrons. The van der Waals surface area contributed by atoms with Crippen molar-refractivity contribution in [2.45, 2.75) is 25.7 Å². The Morgan fingerprint density at radius 1 is 0.733 bits per heavy atom. The van der Waals surface area contributed by atoms with E-state index in [0.717, 1.165) is 0 Å². The molecule has 0 unspecified atom stereocenters. The van der Waals surface area contributed by atoms with E-state index in [1.54, 1.807) is 12.1 Å². The van der Waals surface area contributed by atoms with Crippen LogP contribution in [0.4, 0.5) is 22.7 Å². The van der Waals surface area contributed by atoms with Gasteiger partial charge in [0.05, 0.1) is 9.85 Å². The Morgan fingerprint density at radius 3 is 1.43 bits per heavy atom. The summed E-state index contributed by atoms with van der Waals surface area (Å²) in [6.45, 7) is 0. The predicted octanol–water partition coefficient (Wildman–Crippen LogP) is 3.89. The summed E-state index contributed by atoms with van der Waals surface area (Å²) in [7, 11) is 0. The number of anilines is 2. The quantitative estimate of drug-likeness (QED) is 0.544. The van der Waals surface area contributed by atoms with E-state index in [-0.39, 0.29) is 35.0 Å². The molecule has 10 nitrogen and oxygen atoms in total. The third kappa shape index (κ3) is 5.16. The largest absolute Gasteiger partial charge is 0.326 e. The molecule has 2 N–H and O–H groups in total. The van der Waals surface area contributed by atoms with Crippen LogP contribution < -0.4 is 10.6 Å². The van der Waals surface area contributed by atoms with E-state index >= 15 is 0 Å². The van der Waals surface area contributed by atoms with Gasteiger partial charge in [0, 0.05) is 47.5 Å². The lowest BCUT2D eigenvalue weighted by molar-refractivity contribution is -0.385. The monoisotopic (exact) mass is 412 g/mol. The molecule has 2 amide bonds. The number of hydrogen-bond acceptors (Lipinski definition) is 6. The Hall–Kier alpha value is -3.82. The van der Waals surface area contributed by atoms with Crippen LogP contribution in [0.25, 0.3) is 0 Å². The van der Waals surface area contributed by atoms with E-state index in [2.05, 4.69) is 10.6 Å². The van der Waals surface area contributed by atoms with E-state index in [0.29, 0.717) is 37.1 Å². The smallest absolute Gasteiger partial charge is 0.271 e. The van der Waals surface area contributed by atoms with Gasteiger partial charge in [0.15, 0.2) is 0 Å². The number of nitro groups is 2. The molecule has 0 saturated heterocycles. The van der Waals surface area contributed by atoms with Crippen LogP contribution in [0.3, 0.4) is 0 Å². The standard InChI is InChI=1S/C20H20N4O6/c25-19(21-15-3-1-5-17(11-15)23(27)28)13-7-9-14(10-8-13)20(26)22-16-4-2-6-18(12-16)24(29)30/h1-6,11-14H,7-10H2,(H,21,25)(H,22,26).